The standard InChI is InChI=1S/C22H31N4O5P/c1-4-25-21(27)19-20(24-18(23-19)16-29-17-12-8-7-9-13-17)26(22(25)28)14-10-11-15-32(30-5-2)31-6-3/h7-9,12-13H,4-6,10-11,14-16H2,1-3H3,(H,23,24). The Bertz CT molecular complexity index is 1100. The zero-order valence-corrected chi connectivity index (χ0v) is 19.8. The van der Waals surface area contributed by atoms with E-state index in [4.69, 9.17) is 13.8 Å². The zero-order chi connectivity index (χ0) is 22.9. The van der Waals surface area contributed by atoms with Gasteiger partial charge >= 0.3 is 5.69 Å². The van der Waals surface area contributed by atoms with Crippen molar-refractivity contribution in [2.75, 3.05) is 19.4 Å². The minimum Gasteiger partial charge on any atom is -0.486 e. The SMILES string of the molecule is CCOP(CCCCn1c(=O)n(CC)c(=O)c2[nH]c(COc3ccccc3)nc21)OCC. The number of hydrogen-bond acceptors (Lipinski definition) is 6. The molecule has 0 aliphatic carbocycles. The van der Waals surface area contributed by atoms with Crippen LogP contribution in [0.3, 0.4) is 0 Å². The number of nitrogens with zero attached hydrogens (tertiary/aromatic N) is 3. The normalized spacial score (nSPS) is 11.5. The molecule has 0 amide bonds. The zero-order valence-electron chi connectivity index (χ0n) is 18.9. The number of aromatic nitrogens is 4. The highest BCUT2D eigenvalue weighted by molar-refractivity contribution is 7.47. The molecule has 32 heavy (non-hydrogen) atoms. The maximum absolute atomic E-state index is 13.0. The van der Waals surface area contributed by atoms with E-state index in [2.05, 4.69) is 9.97 Å². The number of imidazole rings is 1. The topological polar surface area (TPSA) is 100 Å². The van der Waals surface area contributed by atoms with Crippen LogP contribution in [-0.4, -0.2) is 38.5 Å². The number of fused-ring (bicyclic) bond motifs is 1. The van der Waals surface area contributed by atoms with Crippen LogP contribution < -0.4 is 16.0 Å². The molecule has 0 spiro atoms. The van der Waals surface area contributed by atoms with E-state index in [0.29, 0.717) is 49.0 Å². The van der Waals surface area contributed by atoms with Crippen LogP contribution in [0.15, 0.2) is 39.9 Å². The molecule has 0 fully saturated rings. The van der Waals surface area contributed by atoms with Gasteiger partial charge in [0.2, 0.25) is 0 Å². The van der Waals surface area contributed by atoms with E-state index in [1.165, 1.54) is 4.57 Å². The lowest BCUT2D eigenvalue weighted by Gasteiger charge is -2.15. The van der Waals surface area contributed by atoms with Crippen molar-refractivity contribution in [1.82, 2.24) is 19.1 Å². The predicted octanol–water partition coefficient (Wildman–Crippen LogP) is 3.65. The Morgan fingerprint density at radius 1 is 1.00 bits per heavy atom. The first-order chi connectivity index (χ1) is 15.6. The van der Waals surface area contributed by atoms with Crippen LogP contribution in [0.1, 0.15) is 39.4 Å². The fourth-order valence-corrected chi connectivity index (χ4v) is 4.79. The Morgan fingerprint density at radius 3 is 2.38 bits per heavy atom. The Morgan fingerprint density at radius 2 is 1.72 bits per heavy atom. The maximum Gasteiger partial charge on any atom is 0.332 e. The molecule has 3 aromatic rings. The lowest BCUT2D eigenvalue weighted by atomic mass is 10.3. The van der Waals surface area contributed by atoms with Crippen LogP contribution >= 0.6 is 8.38 Å². The second kappa shape index (κ2) is 11.9. The quantitative estimate of drug-likeness (QED) is 0.307. The number of benzene rings is 1. The Balaban J connectivity index is 1.78. The van der Waals surface area contributed by atoms with Crippen molar-refractivity contribution >= 4 is 19.5 Å². The van der Waals surface area contributed by atoms with Crippen molar-refractivity contribution in [1.29, 1.82) is 0 Å². The van der Waals surface area contributed by atoms with Crippen molar-refractivity contribution in [3.63, 3.8) is 0 Å². The van der Waals surface area contributed by atoms with Crippen molar-refractivity contribution in [2.24, 2.45) is 0 Å². The van der Waals surface area contributed by atoms with Crippen LogP contribution in [0.4, 0.5) is 0 Å². The van der Waals surface area contributed by atoms with Gasteiger partial charge in [-0.15, -0.1) is 0 Å². The highest BCUT2D eigenvalue weighted by atomic mass is 31.2. The van der Waals surface area contributed by atoms with Crippen molar-refractivity contribution in [3.8, 4) is 5.75 Å². The fraction of sp³-hybridized carbons (Fsp3) is 0.500. The number of hydrogen-bond donors (Lipinski definition) is 1. The monoisotopic (exact) mass is 462 g/mol. The molecule has 2 aromatic heterocycles. The van der Waals surface area contributed by atoms with Crippen LogP contribution in [0.5, 0.6) is 5.75 Å². The summed E-state index contributed by atoms with van der Waals surface area (Å²) in [6.45, 7) is 7.86. The number of aryl methyl sites for hydroxylation is 1. The van der Waals surface area contributed by atoms with Crippen molar-refractivity contribution in [3.05, 3.63) is 57.0 Å². The number of nitrogens with one attached hydrogen (secondary N) is 1. The summed E-state index contributed by atoms with van der Waals surface area (Å²) in [5.74, 6) is 1.20. The predicted molar refractivity (Wildman–Crippen MR) is 125 cm³/mol. The van der Waals surface area contributed by atoms with Crippen LogP contribution in [0.2, 0.25) is 0 Å². The highest BCUT2D eigenvalue weighted by Gasteiger charge is 2.17. The molecule has 1 N–H and O–H groups in total. The summed E-state index contributed by atoms with van der Waals surface area (Å²) in [6, 6.07) is 9.37. The number of para-hydroxylation sites is 1. The molecular formula is C22H31N4O5P. The average Bonchev–Trinajstić information content (AvgIpc) is 3.23. The van der Waals surface area contributed by atoms with E-state index in [0.717, 1.165) is 19.0 Å². The summed E-state index contributed by atoms with van der Waals surface area (Å²) in [5.41, 5.74) is -0.0143. The third-order valence-electron chi connectivity index (χ3n) is 4.86. The molecule has 0 aliphatic heterocycles. The summed E-state index contributed by atoms with van der Waals surface area (Å²) in [6.07, 6.45) is 2.40. The third kappa shape index (κ3) is 5.85. The van der Waals surface area contributed by atoms with E-state index in [1.54, 1.807) is 11.5 Å². The van der Waals surface area contributed by atoms with Gasteiger partial charge in [-0.3, -0.25) is 13.9 Å². The summed E-state index contributed by atoms with van der Waals surface area (Å²) < 4.78 is 19.8. The third-order valence-corrected chi connectivity index (χ3v) is 6.64. The minimum absolute atomic E-state index is 0.172. The van der Waals surface area contributed by atoms with Crippen LogP contribution in [-0.2, 0) is 28.7 Å². The number of unbranched alkanes of at least 4 members (excludes halogenated alkanes) is 1. The van der Waals surface area contributed by atoms with Crippen molar-refractivity contribution in [2.45, 2.75) is 53.3 Å². The number of aromatic amines is 1. The lowest BCUT2D eigenvalue weighted by molar-refractivity contribution is 0.268. The van der Waals surface area contributed by atoms with Gasteiger partial charge in [-0.05, 0) is 45.7 Å². The average molecular weight is 462 g/mol. The van der Waals surface area contributed by atoms with Gasteiger partial charge in [0, 0.05) is 19.3 Å². The molecule has 0 unspecified atom stereocenters. The number of H-pyrrole nitrogens is 1. The Hall–Kier alpha value is -2.48. The smallest absolute Gasteiger partial charge is 0.332 e. The number of ether oxygens (including phenoxy) is 1. The van der Waals surface area contributed by atoms with Gasteiger partial charge in [0.1, 0.15) is 23.7 Å². The Kier molecular flexibility index (Phi) is 9.02. The molecule has 0 saturated carbocycles. The summed E-state index contributed by atoms with van der Waals surface area (Å²) in [4.78, 5) is 33.3. The highest BCUT2D eigenvalue weighted by Crippen LogP contribution is 2.38. The number of rotatable bonds is 13. The largest absolute Gasteiger partial charge is 0.486 e. The molecule has 2 heterocycles. The molecule has 0 bridgehead atoms. The maximum atomic E-state index is 13.0. The molecule has 0 saturated heterocycles. The second-order valence-corrected chi connectivity index (χ2v) is 8.70. The molecule has 9 nitrogen and oxygen atoms in total. The van der Waals surface area contributed by atoms with Gasteiger partial charge in [0.25, 0.3) is 5.56 Å². The fourth-order valence-electron chi connectivity index (χ4n) is 3.40. The molecule has 10 heteroatoms. The summed E-state index contributed by atoms with van der Waals surface area (Å²) in [5, 5.41) is 0. The van der Waals surface area contributed by atoms with E-state index >= 15 is 0 Å². The first-order valence-electron chi connectivity index (χ1n) is 11.0. The van der Waals surface area contributed by atoms with Gasteiger partial charge in [-0.1, -0.05) is 18.2 Å². The second-order valence-electron chi connectivity index (χ2n) is 7.07. The van der Waals surface area contributed by atoms with Gasteiger partial charge < -0.3 is 18.8 Å². The first-order valence-corrected chi connectivity index (χ1v) is 12.4. The molecule has 174 valence electrons. The van der Waals surface area contributed by atoms with E-state index in [-0.39, 0.29) is 17.9 Å². The van der Waals surface area contributed by atoms with Crippen LogP contribution in [0.25, 0.3) is 11.2 Å². The summed E-state index contributed by atoms with van der Waals surface area (Å²) in [7, 11) is -0.902. The first kappa shape index (κ1) is 24.2. The van der Waals surface area contributed by atoms with Crippen LogP contribution in [0, 0.1) is 0 Å². The minimum atomic E-state index is -0.902. The van der Waals surface area contributed by atoms with Gasteiger partial charge in [0.05, 0.1) is 13.2 Å². The Labute approximate surface area is 188 Å². The van der Waals surface area contributed by atoms with E-state index < -0.39 is 8.38 Å². The molecule has 0 atom stereocenters. The van der Waals surface area contributed by atoms with Gasteiger partial charge in [0.15, 0.2) is 14.0 Å². The molecule has 1 aromatic carbocycles. The van der Waals surface area contributed by atoms with E-state index in [9.17, 15) is 9.59 Å². The molecule has 0 radical (unpaired) electrons. The van der Waals surface area contributed by atoms with E-state index in [1.807, 2.05) is 44.2 Å². The molecular weight excluding hydrogens is 431 g/mol. The van der Waals surface area contributed by atoms with Gasteiger partial charge in [-0.25, -0.2) is 9.78 Å². The lowest BCUT2D eigenvalue weighted by Crippen LogP contribution is -2.39. The molecule has 0 aliphatic rings. The van der Waals surface area contributed by atoms with Crippen molar-refractivity contribution < 1.29 is 13.8 Å². The molecule has 3 rings (SSSR count). The summed E-state index contributed by atoms with van der Waals surface area (Å²) >= 11 is 0. The van der Waals surface area contributed by atoms with Gasteiger partial charge in [-0.2, -0.15) is 0 Å².